The molecule has 0 saturated heterocycles. The van der Waals surface area contributed by atoms with Gasteiger partial charge in [0.05, 0.1) is 0 Å². The molecule has 0 aliphatic rings. The smallest absolute Gasteiger partial charge is 0 e. The van der Waals surface area contributed by atoms with Crippen LogP contribution in [0.4, 0.5) is 0 Å². The SMILES string of the molecule is O.O=P(O)(O)O.[Co].[Fe].[Fe].[LiH].[Mn].[Ni]. The summed E-state index contributed by atoms with van der Waals surface area (Å²) in [5.41, 5.74) is 0. The van der Waals surface area contributed by atoms with E-state index in [0.717, 1.165) is 0 Å². The summed E-state index contributed by atoms with van der Waals surface area (Å²) in [5, 5.41) is 0. The van der Waals surface area contributed by atoms with Crippen LogP contribution in [0.15, 0.2) is 0 Å². The van der Waals surface area contributed by atoms with Crippen LogP contribution in [0.1, 0.15) is 0 Å². The standard InChI is InChI=1S/Co.2Fe.Li.Mn.Ni.H3O4P.H2O.H/c;;;;;;1-5(2,3)4;;/h;;;;;;(H3,1,2,3,4);1H2;. The van der Waals surface area contributed by atoms with Gasteiger partial charge in [-0.1, -0.05) is 0 Å². The maximum absolute atomic E-state index is 8.88. The second-order valence-corrected chi connectivity index (χ2v) is 1.54. The van der Waals surface area contributed by atoms with E-state index in [9.17, 15) is 0 Å². The van der Waals surface area contributed by atoms with Gasteiger partial charge in [0.15, 0.2) is 0 Å². The van der Waals surface area contributed by atoms with Crippen molar-refractivity contribution in [3.63, 3.8) is 0 Å². The van der Waals surface area contributed by atoms with Gasteiger partial charge in [-0.3, -0.25) is 0 Å². The van der Waals surface area contributed by atoms with E-state index in [0.29, 0.717) is 0 Å². The van der Waals surface area contributed by atoms with E-state index in [1.165, 1.54) is 0 Å². The van der Waals surface area contributed by atoms with Crippen molar-refractivity contribution in [2.45, 2.75) is 0 Å². The Morgan fingerprint density at radius 3 is 1.00 bits per heavy atom. The molecular weight excluding hydrogens is 402 g/mol. The molecule has 0 unspecified atom stereocenters. The molecule has 5 nitrogen and oxygen atoms in total. The first-order valence-electron chi connectivity index (χ1n) is 0.783. The summed E-state index contributed by atoms with van der Waals surface area (Å²) in [5.74, 6) is 0. The van der Waals surface area contributed by atoms with Crippen LogP contribution < -0.4 is 0 Å². The maximum Gasteiger partial charge on any atom is 0 e. The molecule has 0 aromatic carbocycles. The summed E-state index contributed by atoms with van der Waals surface area (Å²) in [4.78, 5) is 21.6. The molecule has 12 heavy (non-hydrogen) atoms. The Hall–Kier alpha value is 3.23. The van der Waals surface area contributed by atoms with Crippen LogP contribution in [0.3, 0.4) is 0 Å². The van der Waals surface area contributed by atoms with Crippen LogP contribution in [0.2, 0.25) is 0 Å². The Morgan fingerprint density at radius 1 is 1.00 bits per heavy atom. The van der Waals surface area contributed by atoms with Gasteiger partial charge in [-0.25, -0.2) is 4.57 Å². The molecule has 0 bridgehead atoms. The summed E-state index contributed by atoms with van der Waals surface area (Å²) < 4.78 is 8.88. The third-order valence-electron chi connectivity index (χ3n) is 0. The zero-order chi connectivity index (χ0) is 4.50. The third-order valence-corrected chi connectivity index (χ3v) is 0. The minimum absolute atomic E-state index is 0. The van der Waals surface area contributed by atoms with E-state index in [1.807, 2.05) is 0 Å². The molecule has 0 fully saturated rings. The average molecular weight is 408 g/mol. The fourth-order valence-electron chi connectivity index (χ4n) is 0. The summed E-state index contributed by atoms with van der Waals surface area (Å²) in [6, 6.07) is 0. The van der Waals surface area contributed by atoms with E-state index < -0.39 is 7.82 Å². The van der Waals surface area contributed by atoms with Crippen molar-refractivity contribution < 1.29 is 109 Å². The second-order valence-electron chi connectivity index (χ2n) is 0.513. The molecule has 0 rings (SSSR count). The van der Waals surface area contributed by atoms with Crippen LogP contribution in [0.25, 0.3) is 0 Å². The fourth-order valence-corrected chi connectivity index (χ4v) is 0. The minimum Gasteiger partial charge on any atom is 0 e. The summed E-state index contributed by atoms with van der Waals surface area (Å²) in [6.45, 7) is 0. The molecule has 0 aliphatic heterocycles. The molecule has 0 atom stereocenters. The van der Waals surface area contributed by atoms with Crippen molar-refractivity contribution in [1.82, 2.24) is 0 Å². The Bertz CT molecular complexity index is 75.6. The Labute approximate surface area is 134 Å². The van der Waals surface area contributed by atoms with Gasteiger partial charge in [0.2, 0.25) is 0 Å². The van der Waals surface area contributed by atoms with Gasteiger partial charge in [-0.05, 0) is 0 Å². The molecule has 0 amide bonds. The first-order valence-corrected chi connectivity index (χ1v) is 2.35. The van der Waals surface area contributed by atoms with Gasteiger partial charge < -0.3 is 20.2 Å². The van der Waals surface area contributed by atoms with Crippen molar-refractivity contribution in [3.05, 3.63) is 0 Å². The zero-order valence-corrected chi connectivity index (χ0v) is 10.7. The monoisotopic (exact) mass is 408 g/mol. The number of hydrogen-bond donors (Lipinski definition) is 3. The summed E-state index contributed by atoms with van der Waals surface area (Å²) >= 11 is 0. The topological polar surface area (TPSA) is 109 Å². The normalized spacial score (nSPS) is 4.92. The van der Waals surface area contributed by atoms with Crippen molar-refractivity contribution >= 4 is 26.7 Å². The Morgan fingerprint density at radius 2 is 1.00 bits per heavy atom. The molecule has 12 heteroatoms. The van der Waals surface area contributed by atoms with E-state index in [2.05, 4.69) is 0 Å². The third kappa shape index (κ3) is 190. The van der Waals surface area contributed by atoms with Gasteiger partial charge in [-0.2, -0.15) is 0 Å². The molecule has 84 valence electrons. The van der Waals surface area contributed by atoms with Crippen molar-refractivity contribution in [2.75, 3.05) is 0 Å². The molecular formula is H6CoFe2LiMnNiO5P. The molecule has 5 N–H and O–H groups in total. The molecule has 0 aromatic rings. The van der Waals surface area contributed by atoms with Gasteiger partial charge in [0.25, 0.3) is 0 Å². The van der Waals surface area contributed by atoms with E-state index in [4.69, 9.17) is 19.2 Å². The zero-order valence-electron chi connectivity index (χ0n) is 4.43. The van der Waals surface area contributed by atoms with E-state index >= 15 is 0 Å². The van der Waals surface area contributed by atoms with Gasteiger partial charge in [0, 0.05) is 84.5 Å². The van der Waals surface area contributed by atoms with Gasteiger partial charge in [0.1, 0.15) is 0 Å². The Balaban J connectivity index is -0.00000000381. The van der Waals surface area contributed by atoms with Gasteiger partial charge in [-0.15, -0.1) is 0 Å². The fraction of sp³-hybridized carbons (Fsp3) is 0. The molecule has 0 saturated carbocycles. The summed E-state index contributed by atoms with van der Waals surface area (Å²) in [6.07, 6.45) is 0. The molecule has 2 radical (unpaired) electrons. The largest absolute Gasteiger partial charge is 0 e. The molecule has 0 heterocycles. The quantitative estimate of drug-likeness (QED) is 0.306. The molecule has 0 aromatic heterocycles. The van der Waals surface area contributed by atoms with E-state index in [-0.39, 0.29) is 109 Å². The second kappa shape index (κ2) is 29.2. The predicted molar refractivity (Wildman–Crippen MR) is 25.0 cm³/mol. The number of rotatable bonds is 0. The first-order chi connectivity index (χ1) is 2.00. The van der Waals surface area contributed by atoms with Crippen LogP contribution in [-0.4, -0.2) is 39.0 Å². The average Bonchev–Trinajstić information content (AvgIpc) is 0.722. The predicted octanol–water partition coefficient (Wildman–Crippen LogP) is -2.41. The first kappa shape index (κ1) is 59.0. The molecule has 0 aliphatic carbocycles. The number of hydrogen-bond acceptors (Lipinski definition) is 1. The molecule has 0 spiro atoms. The van der Waals surface area contributed by atoms with Crippen molar-refractivity contribution in [3.8, 4) is 0 Å². The summed E-state index contributed by atoms with van der Waals surface area (Å²) in [7, 11) is -4.64. The minimum atomic E-state index is -4.64. The van der Waals surface area contributed by atoms with Crippen LogP contribution in [0.5, 0.6) is 0 Å². The maximum atomic E-state index is 8.88. The van der Waals surface area contributed by atoms with Crippen LogP contribution in [0, 0.1) is 0 Å². The van der Waals surface area contributed by atoms with Crippen molar-refractivity contribution in [2.24, 2.45) is 0 Å². The van der Waals surface area contributed by atoms with Gasteiger partial charge >= 0.3 is 26.7 Å². The Kier molecular flexibility index (Phi) is 144. The van der Waals surface area contributed by atoms with Crippen LogP contribution >= 0.6 is 7.82 Å². The van der Waals surface area contributed by atoms with E-state index in [1.54, 1.807) is 0 Å². The number of phosphoric acid groups is 1. The van der Waals surface area contributed by atoms with Crippen LogP contribution in [-0.2, 0) is 89.0 Å². The van der Waals surface area contributed by atoms with Crippen molar-refractivity contribution in [1.29, 1.82) is 0 Å².